The van der Waals surface area contributed by atoms with E-state index in [1.807, 2.05) is 0 Å². The maximum Gasteiger partial charge on any atom is 0.475 e. The van der Waals surface area contributed by atoms with Crippen LogP contribution in [0.1, 0.15) is 12.0 Å². The zero-order valence-corrected chi connectivity index (χ0v) is 16.8. The van der Waals surface area contributed by atoms with Crippen molar-refractivity contribution in [2.45, 2.75) is 30.7 Å². The normalized spacial score (nSPS) is 18.1. The number of amides is 2. The molecule has 2 amide bonds. The van der Waals surface area contributed by atoms with E-state index in [2.05, 4.69) is 11.9 Å². The minimum Gasteiger partial charge on any atom is -0.464 e. The second-order valence-corrected chi connectivity index (χ2v) is 7.46. The summed E-state index contributed by atoms with van der Waals surface area (Å²) in [6, 6.07) is 7.40. The second kappa shape index (κ2) is 9.38. The van der Waals surface area contributed by atoms with Gasteiger partial charge in [-0.3, -0.25) is 4.79 Å². The van der Waals surface area contributed by atoms with Crippen LogP contribution in [-0.4, -0.2) is 65.1 Å². The number of halogens is 2. The zero-order chi connectivity index (χ0) is 23.5. The number of alkyl halides is 2. The van der Waals surface area contributed by atoms with Crippen molar-refractivity contribution in [1.29, 1.82) is 5.26 Å². The molecule has 1 aromatic carbocycles. The Morgan fingerprint density at radius 3 is 2.84 bits per heavy atom. The molecule has 9 nitrogen and oxygen atoms in total. The SMILES string of the molecule is C=C(C#N)C(=O)N1CC(F)(F)C[C@@H]1COC(=O)N[C@@H](Cc1coc2ccccc12)B(O)O. The largest absolute Gasteiger partial charge is 0.475 e. The summed E-state index contributed by atoms with van der Waals surface area (Å²) in [6.07, 6.45) is -0.410. The summed E-state index contributed by atoms with van der Waals surface area (Å²) in [4.78, 5) is 25.1. The van der Waals surface area contributed by atoms with E-state index in [0.717, 1.165) is 10.3 Å². The maximum absolute atomic E-state index is 13.8. The first-order chi connectivity index (χ1) is 15.1. The molecule has 1 aromatic heterocycles. The molecule has 168 valence electrons. The number of carbonyl (C=O) groups excluding carboxylic acids is 2. The van der Waals surface area contributed by atoms with Gasteiger partial charge in [0, 0.05) is 11.8 Å². The lowest BCUT2D eigenvalue weighted by atomic mass is 9.76. The van der Waals surface area contributed by atoms with Crippen LogP contribution in [0.15, 0.2) is 47.1 Å². The van der Waals surface area contributed by atoms with Gasteiger partial charge in [0.25, 0.3) is 11.8 Å². The Morgan fingerprint density at radius 1 is 1.44 bits per heavy atom. The first-order valence-electron chi connectivity index (χ1n) is 9.63. The van der Waals surface area contributed by atoms with Gasteiger partial charge in [-0.2, -0.15) is 5.26 Å². The van der Waals surface area contributed by atoms with E-state index in [1.165, 1.54) is 12.3 Å². The van der Waals surface area contributed by atoms with Gasteiger partial charge in [0.15, 0.2) is 0 Å². The van der Waals surface area contributed by atoms with Gasteiger partial charge in [-0.25, -0.2) is 13.6 Å². The van der Waals surface area contributed by atoms with Crippen molar-refractivity contribution in [3.8, 4) is 6.07 Å². The smallest absolute Gasteiger partial charge is 0.464 e. The van der Waals surface area contributed by atoms with Crippen molar-refractivity contribution < 1.29 is 37.6 Å². The van der Waals surface area contributed by atoms with Crippen LogP contribution in [0.4, 0.5) is 13.6 Å². The van der Waals surface area contributed by atoms with Crippen LogP contribution < -0.4 is 5.32 Å². The van der Waals surface area contributed by atoms with Gasteiger partial charge in [-0.05, 0) is 18.1 Å². The number of benzene rings is 1. The van der Waals surface area contributed by atoms with Gasteiger partial charge in [0.2, 0.25) is 0 Å². The number of rotatable bonds is 7. The van der Waals surface area contributed by atoms with Crippen LogP contribution in [0.3, 0.4) is 0 Å². The highest BCUT2D eigenvalue weighted by Gasteiger charge is 2.48. The zero-order valence-electron chi connectivity index (χ0n) is 16.8. The van der Waals surface area contributed by atoms with Gasteiger partial charge < -0.3 is 29.4 Å². The van der Waals surface area contributed by atoms with E-state index < -0.39 is 62.2 Å². The third-order valence-corrected chi connectivity index (χ3v) is 5.10. The summed E-state index contributed by atoms with van der Waals surface area (Å²) >= 11 is 0. The van der Waals surface area contributed by atoms with E-state index >= 15 is 0 Å². The predicted octanol–water partition coefficient (Wildman–Crippen LogP) is 1.40. The summed E-state index contributed by atoms with van der Waals surface area (Å²) in [5, 5.41) is 31.1. The monoisotopic (exact) mass is 447 g/mol. The fourth-order valence-corrected chi connectivity index (χ4v) is 3.53. The van der Waals surface area contributed by atoms with Crippen molar-refractivity contribution in [3.05, 3.63) is 48.2 Å². The number of nitrogens with one attached hydrogen (secondary N) is 1. The van der Waals surface area contributed by atoms with Gasteiger partial charge in [-0.15, -0.1) is 0 Å². The number of likely N-dealkylation sites (tertiary alicyclic amines) is 1. The molecule has 1 aliphatic heterocycles. The molecule has 12 heteroatoms. The molecule has 2 atom stereocenters. The summed E-state index contributed by atoms with van der Waals surface area (Å²) in [6.45, 7) is 1.73. The maximum atomic E-state index is 13.8. The molecule has 3 rings (SSSR count). The second-order valence-electron chi connectivity index (χ2n) is 7.46. The molecule has 3 N–H and O–H groups in total. The van der Waals surface area contributed by atoms with Crippen LogP contribution in [-0.2, 0) is 16.0 Å². The molecule has 1 fully saturated rings. The Balaban J connectivity index is 1.62. The third kappa shape index (κ3) is 5.24. The van der Waals surface area contributed by atoms with Crippen LogP contribution in [0.2, 0.25) is 0 Å². The molecule has 0 unspecified atom stereocenters. The minimum atomic E-state index is -3.21. The summed E-state index contributed by atoms with van der Waals surface area (Å²) < 4.78 is 38.0. The number of hydrogen-bond acceptors (Lipinski definition) is 7. The van der Waals surface area contributed by atoms with Gasteiger partial charge in [0.1, 0.15) is 23.8 Å². The number of furan rings is 1. The number of fused-ring (bicyclic) bond motifs is 1. The number of ether oxygens (including phenoxy) is 1. The lowest BCUT2D eigenvalue weighted by molar-refractivity contribution is -0.129. The molecule has 0 bridgehead atoms. The summed E-state index contributed by atoms with van der Waals surface area (Å²) in [5.74, 6) is -5.35. The lowest BCUT2D eigenvalue weighted by Crippen LogP contribution is -2.49. The van der Waals surface area contributed by atoms with Gasteiger partial charge in [0.05, 0.1) is 24.8 Å². The Bertz CT molecular complexity index is 1070. The first kappa shape index (κ1) is 23.2. The van der Waals surface area contributed by atoms with Crippen molar-refractivity contribution in [1.82, 2.24) is 10.2 Å². The van der Waals surface area contributed by atoms with Crippen molar-refractivity contribution in [2.24, 2.45) is 0 Å². The van der Waals surface area contributed by atoms with Gasteiger partial charge in [-0.1, -0.05) is 24.8 Å². The average molecular weight is 447 g/mol. The molecule has 32 heavy (non-hydrogen) atoms. The number of nitrogens with zero attached hydrogens (tertiary/aromatic N) is 2. The van der Waals surface area contributed by atoms with Crippen LogP contribution in [0, 0.1) is 11.3 Å². The van der Waals surface area contributed by atoms with E-state index in [9.17, 15) is 28.4 Å². The number of carbonyl (C=O) groups is 2. The molecule has 1 aliphatic rings. The Labute approximate surface area is 182 Å². The molecular formula is C20H20BF2N3O6. The fourth-order valence-electron chi connectivity index (χ4n) is 3.53. The molecular weight excluding hydrogens is 427 g/mol. The number of para-hydroxylation sites is 1. The molecule has 0 aliphatic carbocycles. The highest BCUT2D eigenvalue weighted by atomic mass is 19.3. The van der Waals surface area contributed by atoms with Crippen molar-refractivity contribution in [2.75, 3.05) is 13.2 Å². The van der Waals surface area contributed by atoms with Crippen LogP contribution >= 0.6 is 0 Å². The molecule has 0 spiro atoms. The Hall–Kier alpha value is -3.43. The molecule has 0 saturated carbocycles. The van der Waals surface area contributed by atoms with Crippen molar-refractivity contribution in [3.63, 3.8) is 0 Å². The molecule has 2 heterocycles. The molecule has 2 aromatic rings. The molecule has 1 saturated heterocycles. The topological polar surface area (TPSA) is 136 Å². The van der Waals surface area contributed by atoms with E-state index in [4.69, 9.17) is 14.4 Å². The van der Waals surface area contributed by atoms with E-state index in [0.29, 0.717) is 11.1 Å². The standard InChI is InChI=1S/C20H20BF2N3O6/c1-12(8-24)18(27)26-11-20(22,23)7-14(26)10-32-19(28)25-17(21(29)30)6-13-9-31-16-5-3-2-4-15(13)16/h2-5,9,14,17,29-30H,1,6-7,10-11H2,(H,25,28)/t14-,17+/m1/s1. The number of hydrogen-bond donors (Lipinski definition) is 3. The highest BCUT2D eigenvalue weighted by molar-refractivity contribution is 6.43. The number of alkyl carbamates (subject to hydrolysis) is 1. The molecule has 0 radical (unpaired) electrons. The third-order valence-electron chi connectivity index (χ3n) is 5.10. The lowest BCUT2D eigenvalue weighted by Gasteiger charge is -2.24. The Kier molecular flexibility index (Phi) is 6.81. The van der Waals surface area contributed by atoms with Crippen LogP contribution in [0.5, 0.6) is 0 Å². The summed E-state index contributed by atoms with van der Waals surface area (Å²) in [5.41, 5.74) is 0.691. The van der Waals surface area contributed by atoms with Gasteiger partial charge >= 0.3 is 13.2 Å². The average Bonchev–Trinajstić information content (AvgIpc) is 3.30. The fraction of sp³-hybridized carbons (Fsp3) is 0.350. The minimum absolute atomic E-state index is 0.00210. The quantitative estimate of drug-likeness (QED) is 0.332. The van der Waals surface area contributed by atoms with Crippen LogP contribution in [0.25, 0.3) is 11.0 Å². The van der Waals surface area contributed by atoms with E-state index in [-0.39, 0.29) is 6.42 Å². The predicted molar refractivity (Wildman–Crippen MR) is 108 cm³/mol. The highest BCUT2D eigenvalue weighted by Crippen LogP contribution is 2.33. The van der Waals surface area contributed by atoms with E-state index in [1.54, 1.807) is 24.3 Å². The Morgan fingerprint density at radius 2 is 2.16 bits per heavy atom. The number of nitriles is 1. The summed E-state index contributed by atoms with van der Waals surface area (Å²) in [7, 11) is -1.94. The first-order valence-corrected chi connectivity index (χ1v) is 9.63. The van der Waals surface area contributed by atoms with Crippen molar-refractivity contribution >= 4 is 30.1 Å².